The monoisotopic (exact) mass is 347 g/mol. The van der Waals surface area contributed by atoms with E-state index >= 15 is 0 Å². The van der Waals surface area contributed by atoms with Crippen molar-refractivity contribution in [1.29, 1.82) is 0 Å². The van der Waals surface area contributed by atoms with Crippen molar-refractivity contribution in [3.8, 4) is 0 Å². The van der Waals surface area contributed by atoms with Gasteiger partial charge in [0, 0.05) is 11.4 Å². The van der Waals surface area contributed by atoms with Crippen molar-refractivity contribution in [3.05, 3.63) is 24.3 Å². The van der Waals surface area contributed by atoms with E-state index in [0.29, 0.717) is 29.6 Å². The first-order valence-electron chi connectivity index (χ1n) is 6.99. The lowest BCUT2D eigenvalue weighted by Crippen LogP contribution is -2.51. The molecule has 0 aromatic heterocycles. The van der Waals surface area contributed by atoms with Gasteiger partial charge in [-0.3, -0.25) is 4.79 Å². The van der Waals surface area contributed by atoms with Gasteiger partial charge in [-0.05, 0) is 25.0 Å². The van der Waals surface area contributed by atoms with Gasteiger partial charge in [-0.15, -0.1) is 11.8 Å². The SMILES string of the molecule is O=C(Nc1ccccc1SCC(F)(F)F)N[C@@H]1CCCNC1=O. The maximum Gasteiger partial charge on any atom is 0.398 e. The Morgan fingerprint density at radius 2 is 2.09 bits per heavy atom. The van der Waals surface area contributed by atoms with Crippen LogP contribution in [0.15, 0.2) is 29.2 Å². The zero-order chi connectivity index (χ0) is 16.9. The fourth-order valence-electron chi connectivity index (χ4n) is 2.08. The second-order valence-electron chi connectivity index (χ2n) is 4.98. The lowest BCUT2D eigenvalue weighted by atomic mass is 10.1. The molecule has 5 nitrogen and oxygen atoms in total. The van der Waals surface area contributed by atoms with Crippen LogP contribution in [0.1, 0.15) is 12.8 Å². The van der Waals surface area contributed by atoms with Crippen molar-refractivity contribution < 1.29 is 22.8 Å². The smallest absolute Gasteiger partial charge is 0.354 e. The molecule has 1 fully saturated rings. The minimum Gasteiger partial charge on any atom is -0.354 e. The molecule has 1 aliphatic heterocycles. The van der Waals surface area contributed by atoms with Gasteiger partial charge in [-0.1, -0.05) is 12.1 Å². The molecule has 126 valence electrons. The number of urea groups is 1. The van der Waals surface area contributed by atoms with E-state index in [-0.39, 0.29) is 11.6 Å². The molecule has 9 heteroatoms. The van der Waals surface area contributed by atoms with Crippen LogP contribution >= 0.6 is 11.8 Å². The number of piperidine rings is 1. The van der Waals surface area contributed by atoms with E-state index in [1.807, 2.05) is 0 Å². The summed E-state index contributed by atoms with van der Waals surface area (Å²) in [4.78, 5) is 23.8. The van der Waals surface area contributed by atoms with Crippen molar-refractivity contribution >= 4 is 29.4 Å². The van der Waals surface area contributed by atoms with Gasteiger partial charge in [0.05, 0.1) is 11.4 Å². The third-order valence-corrected chi connectivity index (χ3v) is 4.26. The molecule has 0 aliphatic carbocycles. The average Bonchev–Trinajstić information content (AvgIpc) is 2.48. The molecule has 1 saturated heterocycles. The average molecular weight is 347 g/mol. The van der Waals surface area contributed by atoms with E-state index in [4.69, 9.17) is 0 Å². The zero-order valence-electron chi connectivity index (χ0n) is 12.1. The summed E-state index contributed by atoms with van der Waals surface area (Å²) in [5.41, 5.74) is 0.274. The third-order valence-electron chi connectivity index (χ3n) is 3.12. The van der Waals surface area contributed by atoms with Gasteiger partial charge in [-0.2, -0.15) is 13.2 Å². The quantitative estimate of drug-likeness (QED) is 0.734. The molecule has 0 spiro atoms. The summed E-state index contributed by atoms with van der Waals surface area (Å²) in [6.07, 6.45) is -3.00. The number of halogens is 3. The molecule has 0 unspecified atom stereocenters. The Morgan fingerprint density at radius 1 is 1.35 bits per heavy atom. The summed E-state index contributed by atoms with van der Waals surface area (Å²) in [6.45, 7) is 0.579. The first-order chi connectivity index (χ1) is 10.8. The Morgan fingerprint density at radius 3 is 2.78 bits per heavy atom. The predicted octanol–water partition coefficient (Wildman–Crippen LogP) is 2.74. The topological polar surface area (TPSA) is 70.2 Å². The molecule has 3 N–H and O–H groups in total. The van der Waals surface area contributed by atoms with Gasteiger partial charge < -0.3 is 16.0 Å². The molecule has 23 heavy (non-hydrogen) atoms. The first-order valence-corrected chi connectivity index (χ1v) is 7.97. The highest BCUT2D eigenvalue weighted by molar-refractivity contribution is 7.99. The minimum atomic E-state index is -4.29. The Labute approximate surface area is 135 Å². The predicted molar refractivity (Wildman–Crippen MR) is 81.4 cm³/mol. The van der Waals surface area contributed by atoms with Gasteiger partial charge in [0.15, 0.2) is 0 Å². The zero-order valence-corrected chi connectivity index (χ0v) is 12.9. The lowest BCUT2D eigenvalue weighted by Gasteiger charge is -2.23. The number of nitrogens with one attached hydrogen (secondary N) is 3. The molecule has 1 atom stereocenters. The van der Waals surface area contributed by atoms with E-state index in [2.05, 4.69) is 16.0 Å². The van der Waals surface area contributed by atoms with Crippen LogP contribution in [-0.4, -0.2) is 36.5 Å². The molecule has 2 rings (SSSR count). The number of para-hydroxylation sites is 1. The number of alkyl halides is 3. The number of hydrogen-bond acceptors (Lipinski definition) is 3. The Balaban J connectivity index is 1.96. The van der Waals surface area contributed by atoms with Crippen LogP contribution in [0.25, 0.3) is 0 Å². The standard InChI is InChI=1S/C14H16F3N3O2S/c15-14(16,17)8-23-11-6-2-1-4-9(11)19-13(22)20-10-5-3-7-18-12(10)21/h1-2,4,6,10H,3,5,7-8H2,(H,18,21)(H2,19,20,22)/t10-/m1/s1. The number of thioether (sulfide) groups is 1. The van der Waals surface area contributed by atoms with Crippen molar-refractivity contribution in [1.82, 2.24) is 10.6 Å². The summed E-state index contributed by atoms with van der Waals surface area (Å²) >= 11 is 0.596. The van der Waals surface area contributed by atoms with Crippen LogP contribution in [0.5, 0.6) is 0 Å². The molecular weight excluding hydrogens is 331 g/mol. The molecule has 1 aromatic carbocycles. The van der Waals surface area contributed by atoms with Gasteiger partial charge in [0.2, 0.25) is 5.91 Å². The van der Waals surface area contributed by atoms with Crippen molar-refractivity contribution in [2.24, 2.45) is 0 Å². The number of carbonyl (C=O) groups excluding carboxylic acids is 2. The Hall–Kier alpha value is -1.90. The van der Waals surface area contributed by atoms with E-state index in [1.165, 1.54) is 12.1 Å². The van der Waals surface area contributed by atoms with Gasteiger partial charge in [-0.25, -0.2) is 4.79 Å². The van der Waals surface area contributed by atoms with Crippen molar-refractivity contribution in [2.75, 3.05) is 17.6 Å². The molecule has 1 heterocycles. The van der Waals surface area contributed by atoms with Crippen LogP contribution in [0.3, 0.4) is 0 Å². The maximum atomic E-state index is 12.3. The van der Waals surface area contributed by atoms with Crippen LogP contribution < -0.4 is 16.0 Å². The molecule has 1 aromatic rings. The van der Waals surface area contributed by atoms with Crippen LogP contribution in [0.2, 0.25) is 0 Å². The van der Waals surface area contributed by atoms with Crippen LogP contribution in [0.4, 0.5) is 23.7 Å². The highest BCUT2D eigenvalue weighted by atomic mass is 32.2. The first kappa shape index (κ1) is 17.5. The molecule has 3 amide bonds. The van der Waals surface area contributed by atoms with Crippen LogP contribution in [0, 0.1) is 0 Å². The molecular formula is C14H16F3N3O2S. The van der Waals surface area contributed by atoms with E-state index < -0.39 is 24.0 Å². The van der Waals surface area contributed by atoms with Gasteiger partial charge >= 0.3 is 12.2 Å². The number of benzene rings is 1. The second-order valence-corrected chi connectivity index (χ2v) is 6.00. The number of carbonyl (C=O) groups is 2. The van der Waals surface area contributed by atoms with E-state index in [9.17, 15) is 22.8 Å². The number of rotatable bonds is 4. The lowest BCUT2D eigenvalue weighted by molar-refractivity contribution is -0.124. The van der Waals surface area contributed by atoms with Crippen molar-refractivity contribution in [3.63, 3.8) is 0 Å². The summed E-state index contributed by atoms with van der Waals surface area (Å²) in [6, 6.07) is 4.97. The molecule has 0 radical (unpaired) electrons. The number of anilines is 1. The summed E-state index contributed by atoms with van der Waals surface area (Å²) in [5.74, 6) is -1.30. The highest BCUT2D eigenvalue weighted by Crippen LogP contribution is 2.32. The van der Waals surface area contributed by atoms with Crippen molar-refractivity contribution in [2.45, 2.75) is 30.0 Å². The Bertz CT molecular complexity index is 581. The highest BCUT2D eigenvalue weighted by Gasteiger charge is 2.28. The summed E-state index contributed by atoms with van der Waals surface area (Å²) in [7, 11) is 0. The fourth-order valence-corrected chi connectivity index (χ4v) is 2.85. The summed E-state index contributed by atoms with van der Waals surface area (Å²) in [5, 5.41) is 7.66. The van der Waals surface area contributed by atoms with Gasteiger partial charge in [0.25, 0.3) is 0 Å². The maximum absolute atomic E-state index is 12.3. The molecule has 0 saturated carbocycles. The largest absolute Gasteiger partial charge is 0.398 e. The molecule has 1 aliphatic rings. The minimum absolute atomic E-state index is 0.258. The number of amides is 3. The fraction of sp³-hybridized carbons (Fsp3) is 0.429. The number of hydrogen-bond donors (Lipinski definition) is 3. The normalized spacial score (nSPS) is 18.2. The van der Waals surface area contributed by atoms with E-state index in [0.717, 1.165) is 6.42 Å². The van der Waals surface area contributed by atoms with E-state index in [1.54, 1.807) is 12.1 Å². The summed E-state index contributed by atoms with van der Waals surface area (Å²) < 4.78 is 37.0. The van der Waals surface area contributed by atoms with Crippen LogP contribution in [-0.2, 0) is 4.79 Å². The Kier molecular flexibility index (Phi) is 5.75. The molecule has 0 bridgehead atoms. The second kappa shape index (κ2) is 7.58. The van der Waals surface area contributed by atoms with Gasteiger partial charge in [0.1, 0.15) is 6.04 Å². The third kappa shape index (κ3) is 5.66.